The molecule has 0 aromatic carbocycles. The predicted molar refractivity (Wildman–Crippen MR) is 316 cm³/mol. The fraction of sp³-hybridized carbons (Fsp3) is 0.517. The second-order valence-corrected chi connectivity index (χ2v) is 28.4. The van der Waals surface area contributed by atoms with Crippen molar-refractivity contribution < 1.29 is 35.9 Å². The summed E-state index contributed by atoms with van der Waals surface area (Å²) < 4.78 is 70.9. The first-order valence-electron chi connectivity index (χ1n) is 28.6. The molecule has 4 aliphatic heterocycles. The van der Waals surface area contributed by atoms with Crippen LogP contribution in [0, 0.1) is 22.7 Å². The van der Waals surface area contributed by atoms with Crippen LogP contribution in [0.4, 0.5) is 17.5 Å². The molecule has 4 fully saturated rings. The van der Waals surface area contributed by atoms with Gasteiger partial charge in [0, 0.05) is 67.6 Å². The Hall–Kier alpha value is -6.89. The molecular formula is C58H75ClN14O8S2. The van der Waals surface area contributed by atoms with Gasteiger partial charge in [0.15, 0.2) is 11.6 Å². The Kier molecular flexibility index (Phi) is 17.1. The lowest BCUT2D eigenvalue weighted by Gasteiger charge is -2.34. The van der Waals surface area contributed by atoms with Gasteiger partial charge in [-0.3, -0.25) is 9.59 Å². The summed E-state index contributed by atoms with van der Waals surface area (Å²) >= 11 is 6.27. The third kappa shape index (κ3) is 15.1. The SMILES string of the molecule is CC1(CCOc2ccn(-c3ccc(C(=O)NS(=O)(=O)c4ccc(NCCCC5CNC(C)(C)C5)nc4)c(Cl)n3)n2)CC1.CC1(CCOc2ccn(-c3ccc4c(n3)N3CC(CCCNc5ccc(cn5)S(=O)(=O)NC4=O)CC3(C)C)n2)CC1. The highest BCUT2D eigenvalue weighted by molar-refractivity contribution is 7.90. The Balaban J connectivity index is 0.000000185. The molecule has 22 nitrogen and oxygen atoms in total. The zero-order valence-electron chi connectivity index (χ0n) is 48.0. The predicted octanol–water partition coefficient (Wildman–Crippen LogP) is 8.74. The Morgan fingerprint density at radius 1 is 0.819 bits per heavy atom. The highest BCUT2D eigenvalue weighted by Gasteiger charge is 2.42. The molecule has 6 aromatic rings. The molecule has 2 saturated carbocycles. The van der Waals surface area contributed by atoms with Crippen LogP contribution in [-0.2, 0) is 20.0 Å². The van der Waals surface area contributed by atoms with Gasteiger partial charge in [-0.2, -0.15) is 0 Å². The van der Waals surface area contributed by atoms with Crippen LogP contribution in [0.5, 0.6) is 11.8 Å². The van der Waals surface area contributed by atoms with E-state index in [4.69, 9.17) is 26.1 Å². The molecule has 2 atom stereocenters. The van der Waals surface area contributed by atoms with Gasteiger partial charge in [0.1, 0.15) is 32.4 Å². The summed E-state index contributed by atoms with van der Waals surface area (Å²) in [4.78, 5) is 45.8. The average molecular weight is 1200 g/mol. The highest BCUT2D eigenvalue weighted by atomic mass is 35.5. The summed E-state index contributed by atoms with van der Waals surface area (Å²) in [5.41, 5.74) is 0.800. The first-order valence-corrected chi connectivity index (χ1v) is 31.9. The van der Waals surface area contributed by atoms with Gasteiger partial charge in [-0.15, -0.1) is 10.2 Å². The van der Waals surface area contributed by atoms with E-state index in [1.54, 1.807) is 53.5 Å². The van der Waals surface area contributed by atoms with Crippen LogP contribution in [0.2, 0.25) is 5.15 Å². The van der Waals surface area contributed by atoms with Crippen molar-refractivity contribution >= 4 is 60.9 Å². The molecule has 0 spiro atoms. The number of nitrogens with zero attached hydrogens (tertiary/aromatic N) is 9. The van der Waals surface area contributed by atoms with Gasteiger partial charge < -0.3 is 30.3 Å². The van der Waals surface area contributed by atoms with Crippen molar-refractivity contribution in [1.29, 1.82) is 0 Å². The number of pyridine rings is 4. The van der Waals surface area contributed by atoms with Crippen LogP contribution in [-0.4, -0.2) is 119 Å². The minimum absolute atomic E-state index is 0.0857. The quantitative estimate of drug-likeness (QED) is 0.0397. The Labute approximate surface area is 490 Å². The standard InChI is InChI=1S/C29H38ClN7O4S.C29H37N7O4S/c1-28(2)17-20(18-33-28)5-4-14-31-23-8-6-21(19-32-23)42(39,40)36-27(38)22-7-9-24(34-26(22)30)37-15-10-25(35-37)41-16-13-29(3)11-12-29;1-28(2)17-20-5-4-14-30-23-8-6-21(18-31-23)41(38,39)34-27(37)22-7-9-24(32-26(22)35(28)19-20)36-15-10-25(33-36)40-16-13-29(3)11-12-29/h6-10,15,19-20,33H,4-5,11-14,16-18H2,1-3H3,(H,31,32)(H,36,38);6-10,15,18,20H,4-5,11-14,16-17,19H2,1-3H3,(H,30,31)(H,34,37). The largest absolute Gasteiger partial charge is 0.477 e. The van der Waals surface area contributed by atoms with E-state index >= 15 is 0 Å². The van der Waals surface area contributed by atoms with E-state index in [1.807, 2.05) is 4.72 Å². The van der Waals surface area contributed by atoms with E-state index in [1.165, 1.54) is 67.0 Å². The maximum Gasteiger partial charge on any atom is 0.268 e. The molecule has 5 N–H and O–H groups in total. The van der Waals surface area contributed by atoms with Crippen molar-refractivity contribution in [1.82, 2.24) is 54.3 Å². The number of hydrogen-bond acceptors (Lipinski definition) is 18. The first-order chi connectivity index (χ1) is 39.4. The van der Waals surface area contributed by atoms with Crippen LogP contribution < -0.4 is 39.8 Å². The maximum atomic E-state index is 13.5. The third-order valence-electron chi connectivity index (χ3n) is 16.5. The lowest BCUT2D eigenvalue weighted by atomic mass is 9.93. The van der Waals surface area contributed by atoms with Crippen LogP contribution in [0.1, 0.15) is 139 Å². The van der Waals surface area contributed by atoms with Gasteiger partial charge in [-0.05, 0) is 182 Å². The van der Waals surface area contributed by atoms with E-state index < -0.39 is 31.9 Å². The van der Waals surface area contributed by atoms with Gasteiger partial charge >= 0.3 is 0 Å². The van der Waals surface area contributed by atoms with Crippen LogP contribution >= 0.6 is 11.6 Å². The summed E-state index contributed by atoms with van der Waals surface area (Å²) in [5.74, 6) is 2.86. The molecule has 444 valence electrons. The number of amides is 2. The zero-order chi connectivity index (χ0) is 58.8. The number of aromatic nitrogens is 8. The zero-order valence-corrected chi connectivity index (χ0v) is 50.3. The van der Waals surface area contributed by atoms with Crippen molar-refractivity contribution in [2.45, 2.75) is 139 Å². The molecule has 2 aliphatic carbocycles. The fourth-order valence-corrected chi connectivity index (χ4v) is 12.9. The second kappa shape index (κ2) is 24.0. The van der Waals surface area contributed by atoms with Crippen molar-refractivity contribution in [3.05, 3.63) is 102 Å². The molecule has 6 aromatic heterocycles. The van der Waals surface area contributed by atoms with E-state index in [0.29, 0.717) is 83.3 Å². The minimum atomic E-state index is -4.18. The maximum absolute atomic E-state index is 13.5. The monoisotopic (exact) mass is 1190 g/mol. The van der Waals surface area contributed by atoms with Crippen molar-refractivity contribution in [2.75, 3.05) is 54.9 Å². The van der Waals surface area contributed by atoms with Crippen molar-refractivity contribution in [2.24, 2.45) is 22.7 Å². The molecule has 2 unspecified atom stereocenters. The number of rotatable bonds is 18. The van der Waals surface area contributed by atoms with E-state index in [0.717, 1.165) is 71.0 Å². The van der Waals surface area contributed by atoms with Gasteiger partial charge in [-0.1, -0.05) is 25.4 Å². The average Bonchev–Trinajstić information content (AvgIpc) is 4.12. The summed E-state index contributed by atoms with van der Waals surface area (Å²) in [6.45, 7) is 17.6. The van der Waals surface area contributed by atoms with Crippen molar-refractivity contribution in [3.63, 3.8) is 0 Å². The van der Waals surface area contributed by atoms with E-state index in [2.05, 4.69) is 92.3 Å². The summed E-state index contributed by atoms with van der Waals surface area (Å²) in [6.07, 6.45) is 19.0. The van der Waals surface area contributed by atoms with Crippen LogP contribution in [0.15, 0.2) is 95.2 Å². The van der Waals surface area contributed by atoms with Crippen LogP contribution in [0.3, 0.4) is 0 Å². The third-order valence-corrected chi connectivity index (χ3v) is 19.4. The Morgan fingerprint density at radius 2 is 1.49 bits per heavy atom. The Morgan fingerprint density at radius 3 is 2.10 bits per heavy atom. The number of nitrogens with one attached hydrogen (secondary N) is 5. The second-order valence-electron chi connectivity index (χ2n) is 24.7. The van der Waals surface area contributed by atoms with Gasteiger partial charge in [-0.25, -0.2) is 55.6 Å². The number of carbonyl (C=O) groups is 2. The lowest BCUT2D eigenvalue weighted by molar-refractivity contribution is 0.0972. The first kappa shape index (κ1) is 59.3. The van der Waals surface area contributed by atoms with Crippen LogP contribution in [0.25, 0.3) is 11.6 Å². The van der Waals surface area contributed by atoms with Crippen molar-refractivity contribution in [3.8, 4) is 23.4 Å². The van der Waals surface area contributed by atoms with Gasteiger partial charge in [0.2, 0.25) is 11.8 Å². The smallest absolute Gasteiger partial charge is 0.268 e. The molecule has 12 rings (SSSR count). The summed E-state index contributed by atoms with van der Waals surface area (Å²) in [6, 6.07) is 15.8. The molecule has 0 radical (unpaired) electrons. The molecular weight excluding hydrogens is 1120 g/mol. The van der Waals surface area contributed by atoms with Gasteiger partial charge in [0.25, 0.3) is 31.9 Å². The molecule has 25 heteroatoms. The number of halogens is 1. The minimum Gasteiger partial charge on any atom is -0.477 e. The number of anilines is 3. The molecule has 6 aliphatic rings. The summed E-state index contributed by atoms with van der Waals surface area (Å²) in [5, 5.41) is 18.8. The molecule has 4 bridgehead atoms. The lowest BCUT2D eigenvalue weighted by Crippen LogP contribution is -2.41. The normalized spacial score (nSPS) is 20.7. The molecule has 10 heterocycles. The number of carbonyl (C=O) groups excluding carboxylic acids is 2. The number of ether oxygens (including phenoxy) is 2. The molecule has 83 heavy (non-hydrogen) atoms. The fourth-order valence-electron chi connectivity index (χ4n) is 10.8. The number of fused-ring (bicyclic) bond motifs is 7. The number of hydrogen-bond donors (Lipinski definition) is 5. The number of sulfonamides is 2. The molecule has 2 saturated heterocycles. The van der Waals surface area contributed by atoms with E-state index in [-0.39, 0.29) is 37.1 Å². The summed E-state index contributed by atoms with van der Waals surface area (Å²) in [7, 11) is -8.33. The molecule has 2 amide bonds. The van der Waals surface area contributed by atoms with Gasteiger partial charge in [0.05, 0.1) is 24.3 Å². The Bertz CT molecular complexity index is 3530. The van der Waals surface area contributed by atoms with E-state index in [9.17, 15) is 26.4 Å². The highest BCUT2D eigenvalue weighted by Crippen LogP contribution is 2.49. The topological polar surface area (TPSA) is 271 Å².